The number of rotatable bonds is 3. The van der Waals surface area contributed by atoms with E-state index in [1.54, 1.807) is 0 Å². The van der Waals surface area contributed by atoms with Crippen LogP contribution in [-0.2, 0) is 4.79 Å². The van der Waals surface area contributed by atoms with E-state index in [4.69, 9.17) is 0 Å². The van der Waals surface area contributed by atoms with Gasteiger partial charge in [-0.2, -0.15) is 0 Å². The lowest BCUT2D eigenvalue weighted by molar-refractivity contribution is -0.132. The van der Waals surface area contributed by atoms with Gasteiger partial charge in [0, 0.05) is 31.6 Å². The molecule has 3 saturated heterocycles. The van der Waals surface area contributed by atoms with Gasteiger partial charge in [0.2, 0.25) is 5.91 Å². The Bertz CT molecular complexity index is 377. The molecule has 4 heteroatoms. The highest BCUT2D eigenvalue weighted by molar-refractivity contribution is 5.85. The van der Waals surface area contributed by atoms with Crippen molar-refractivity contribution in [2.45, 2.75) is 83.7 Å². The minimum absolute atomic E-state index is 0. The highest BCUT2D eigenvalue weighted by atomic mass is 35.5. The van der Waals surface area contributed by atoms with Crippen LogP contribution in [0.15, 0.2) is 0 Å². The molecule has 3 rings (SSSR count). The van der Waals surface area contributed by atoms with E-state index in [0.29, 0.717) is 29.3 Å². The lowest BCUT2D eigenvalue weighted by Crippen LogP contribution is -2.40. The maximum absolute atomic E-state index is 12.7. The number of carbonyl (C=O) groups excluding carboxylic acids is 1. The van der Waals surface area contributed by atoms with E-state index in [2.05, 4.69) is 24.1 Å². The molecule has 2 bridgehead atoms. The number of likely N-dealkylation sites (tertiary alicyclic amines) is 1. The molecular formula is C18H33ClN2O. The van der Waals surface area contributed by atoms with Crippen molar-refractivity contribution in [3.63, 3.8) is 0 Å². The summed E-state index contributed by atoms with van der Waals surface area (Å²) in [6.45, 7) is 6.67. The Morgan fingerprint density at radius 1 is 1.18 bits per heavy atom. The van der Waals surface area contributed by atoms with Crippen LogP contribution in [0.4, 0.5) is 0 Å². The molecule has 0 radical (unpaired) electrons. The Kier molecular flexibility index (Phi) is 6.18. The molecule has 3 aliphatic rings. The van der Waals surface area contributed by atoms with Gasteiger partial charge in [-0.3, -0.25) is 4.79 Å². The first kappa shape index (κ1) is 18.1. The fourth-order valence-electron chi connectivity index (χ4n) is 4.66. The molecule has 3 nitrogen and oxygen atoms in total. The number of carbonyl (C=O) groups is 1. The minimum atomic E-state index is 0. The Morgan fingerprint density at radius 2 is 1.86 bits per heavy atom. The van der Waals surface area contributed by atoms with Gasteiger partial charge in [-0.15, -0.1) is 12.4 Å². The second-order valence-electron chi connectivity index (χ2n) is 8.08. The number of halogens is 1. The van der Waals surface area contributed by atoms with Gasteiger partial charge in [-0.25, -0.2) is 0 Å². The summed E-state index contributed by atoms with van der Waals surface area (Å²) in [4.78, 5) is 14.8. The molecule has 0 aliphatic carbocycles. The predicted molar refractivity (Wildman–Crippen MR) is 93.4 cm³/mol. The number of fused-ring (bicyclic) bond motifs is 2. The van der Waals surface area contributed by atoms with Crippen molar-refractivity contribution >= 4 is 18.3 Å². The first-order valence-corrected chi connectivity index (χ1v) is 9.12. The van der Waals surface area contributed by atoms with E-state index in [1.165, 1.54) is 51.4 Å². The van der Waals surface area contributed by atoms with E-state index in [1.807, 2.05) is 0 Å². The van der Waals surface area contributed by atoms with E-state index < -0.39 is 0 Å². The van der Waals surface area contributed by atoms with Crippen molar-refractivity contribution in [1.82, 2.24) is 10.2 Å². The number of hydrogen-bond donors (Lipinski definition) is 1. The van der Waals surface area contributed by atoms with Crippen LogP contribution in [0.25, 0.3) is 0 Å². The zero-order valence-electron chi connectivity index (χ0n) is 14.3. The van der Waals surface area contributed by atoms with E-state index in [9.17, 15) is 4.79 Å². The smallest absolute Gasteiger partial charge is 0.222 e. The van der Waals surface area contributed by atoms with Gasteiger partial charge in [-0.1, -0.05) is 20.3 Å². The van der Waals surface area contributed by atoms with Crippen LogP contribution >= 0.6 is 12.4 Å². The molecule has 1 N–H and O–H groups in total. The van der Waals surface area contributed by atoms with Gasteiger partial charge in [0.1, 0.15) is 0 Å². The Balaban J connectivity index is 0.00000176. The van der Waals surface area contributed by atoms with Crippen LogP contribution in [0.2, 0.25) is 0 Å². The topological polar surface area (TPSA) is 32.3 Å². The number of piperidine rings is 1. The number of hydrogen-bond acceptors (Lipinski definition) is 2. The fraction of sp³-hybridized carbons (Fsp3) is 0.944. The molecule has 3 heterocycles. The summed E-state index contributed by atoms with van der Waals surface area (Å²) in [6.07, 6.45) is 10.8. The molecule has 0 aromatic heterocycles. The van der Waals surface area contributed by atoms with Gasteiger partial charge in [-0.05, 0) is 56.3 Å². The van der Waals surface area contributed by atoms with E-state index >= 15 is 0 Å². The molecule has 0 spiro atoms. The van der Waals surface area contributed by atoms with Gasteiger partial charge in [0.05, 0.1) is 0 Å². The summed E-state index contributed by atoms with van der Waals surface area (Å²) in [5.74, 6) is 1.07. The first-order valence-electron chi connectivity index (χ1n) is 9.12. The zero-order chi connectivity index (χ0) is 14.9. The Hall–Kier alpha value is -0.280. The van der Waals surface area contributed by atoms with Crippen molar-refractivity contribution in [1.29, 1.82) is 0 Å². The number of amides is 1. The van der Waals surface area contributed by atoms with Gasteiger partial charge >= 0.3 is 0 Å². The van der Waals surface area contributed by atoms with Crippen molar-refractivity contribution in [3.05, 3.63) is 0 Å². The van der Waals surface area contributed by atoms with Crippen LogP contribution in [0.3, 0.4) is 0 Å². The lowest BCUT2D eigenvalue weighted by Gasteiger charge is -2.31. The molecule has 3 aliphatic heterocycles. The Labute approximate surface area is 142 Å². The van der Waals surface area contributed by atoms with Gasteiger partial charge < -0.3 is 10.2 Å². The van der Waals surface area contributed by atoms with Gasteiger partial charge in [0.25, 0.3) is 0 Å². The van der Waals surface area contributed by atoms with Crippen LogP contribution in [0.5, 0.6) is 0 Å². The molecule has 128 valence electrons. The molecule has 0 aromatic carbocycles. The minimum Gasteiger partial charge on any atom is -0.343 e. The summed E-state index contributed by atoms with van der Waals surface area (Å²) in [5.41, 5.74) is 0.461. The number of nitrogens with one attached hydrogen (secondary N) is 1. The third-order valence-electron chi connectivity index (χ3n) is 6.43. The van der Waals surface area contributed by atoms with Gasteiger partial charge in [0.15, 0.2) is 0 Å². The molecule has 22 heavy (non-hydrogen) atoms. The summed E-state index contributed by atoms with van der Waals surface area (Å²) in [6, 6.07) is 1.41. The van der Waals surface area contributed by atoms with Crippen molar-refractivity contribution < 1.29 is 4.79 Å². The molecule has 0 saturated carbocycles. The van der Waals surface area contributed by atoms with Crippen LogP contribution in [-0.4, -0.2) is 36.0 Å². The lowest BCUT2D eigenvalue weighted by atomic mass is 9.80. The average Bonchev–Trinajstić information content (AvgIpc) is 2.69. The first-order chi connectivity index (χ1) is 10.1. The zero-order valence-corrected chi connectivity index (χ0v) is 15.1. The largest absolute Gasteiger partial charge is 0.343 e. The summed E-state index contributed by atoms with van der Waals surface area (Å²) < 4.78 is 0. The van der Waals surface area contributed by atoms with Crippen molar-refractivity contribution in [2.75, 3.05) is 13.1 Å². The normalized spacial score (nSPS) is 38.3. The average molecular weight is 329 g/mol. The molecule has 1 amide bonds. The van der Waals surface area contributed by atoms with Crippen LogP contribution < -0.4 is 5.32 Å². The highest BCUT2D eigenvalue weighted by Crippen LogP contribution is 2.35. The maximum atomic E-state index is 12.7. The standard InChI is InChI=1S/C18H32N2O.ClH/c1-3-18(2)7-4-9-20(10-8-18)17(21)13-14-11-15-5-6-16(12-14)19-15;/h14-16,19H,3-13H2,1-2H3;1H. The monoisotopic (exact) mass is 328 g/mol. The van der Waals surface area contributed by atoms with Crippen molar-refractivity contribution in [2.24, 2.45) is 11.3 Å². The molecule has 3 atom stereocenters. The third-order valence-corrected chi connectivity index (χ3v) is 6.43. The molecule has 3 unspecified atom stereocenters. The Morgan fingerprint density at radius 3 is 2.50 bits per heavy atom. The second kappa shape index (κ2) is 7.53. The predicted octanol–water partition coefficient (Wildman–Crippen LogP) is 3.76. The molecule has 3 fully saturated rings. The van der Waals surface area contributed by atoms with Crippen molar-refractivity contribution in [3.8, 4) is 0 Å². The van der Waals surface area contributed by atoms with E-state index in [-0.39, 0.29) is 12.4 Å². The van der Waals surface area contributed by atoms with Crippen LogP contribution in [0.1, 0.15) is 71.6 Å². The number of nitrogens with zero attached hydrogens (tertiary/aromatic N) is 1. The second-order valence-corrected chi connectivity index (χ2v) is 8.08. The highest BCUT2D eigenvalue weighted by Gasteiger charge is 2.35. The molecule has 0 aromatic rings. The summed E-state index contributed by atoms with van der Waals surface area (Å²) in [5, 5.41) is 3.68. The third kappa shape index (κ3) is 4.17. The SMILES string of the molecule is CCC1(C)CCCN(C(=O)CC2CC3CCC(C2)N3)CC1.Cl. The fourth-order valence-corrected chi connectivity index (χ4v) is 4.66. The molecular weight excluding hydrogens is 296 g/mol. The maximum Gasteiger partial charge on any atom is 0.222 e. The summed E-state index contributed by atoms with van der Waals surface area (Å²) in [7, 11) is 0. The summed E-state index contributed by atoms with van der Waals surface area (Å²) >= 11 is 0. The van der Waals surface area contributed by atoms with E-state index in [0.717, 1.165) is 19.5 Å². The quantitative estimate of drug-likeness (QED) is 0.855. The van der Waals surface area contributed by atoms with Crippen LogP contribution in [0, 0.1) is 11.3 Å².